The molecule has 1 aliphatic rings. The average molecular weight is 440 g/mol. The quantitative estimate of drug-likeness (QED) is 0.517. The number of aromatic amines is 1. The average Bonchev–Trinajstić information content (AvgIpc) is 3.17. The second-order valence-electron chi connectivity index (χ2n) is 8.26. The second-order valence-corrected chi connectivity index (χ2v) is 9.13. The number of piperidine rings is 1. The van der Waals surface area contributed by atoms with E-state index >= 15 is 0 Å². The van der Waals surface area contributed by atoms with Crippen molar-refractivity contribution in [2.45, 2.75) is 20.3 Å². The van der Waals surface area contributed by atoms with E-state index in [4.69, 9.17) is 23.2 Å². The van der Waals surface area contributed by atoms with Gasteiger partial charge in [-0.2, -0.15) is 5.10 Å². The molecule has 0 aliphatic carbocycles. The van der Waals surface area contributed by atoms with Crippen LogP contribution in [0.1, 0.15) is 36.3 Å². The highest BCUT2D eigenvalue weighted by Crippen LogP contribution is 2.36. The molecule has 3 aromatic rings. The maximum absolute atomic E-state index is 12.9. The number of benzene rings is 2. The Kier molecular flexibility index (Phi) is 5.72. The largest absolute Gasteiger partial charge is 0.337 e. The van der Waals surface area contributed by atoms with Gasteiger partial charge in [-0.1, -0.05) is 60.8 Å². The van der Waals surface area contributed by atoms with Gasteiger partial charge in [0, 0.05) is 39.7 Å². The molecule has 6 heteroatoms. The van der Waals surface area contributed by atoms with Crippen molar-refractivity contribution >= 4 is 35.2 Å². The summed E-state index contributed by atoms with van der Waals surface area (Å²) in [5.74, 6) is 0.0226. The molecule has 2 heterocycles. The normalized spacial score (nSPS) is 17.3. The first-order valence-electron chi connectivity index (χ1n) is 9.89. The Balaban J connectivity index is 1.52. The van der Waals surface area contributed by atoms with Gasteiger partial charge in [-0.15, -0.1) is 0 Å². The van der Waals surface area contributed by atoms with Gasteiger partial charge in [0.1, 0.15) is 0 Å². The highest BCUT2D eigenvalue weighted by Gasteiger charge is 2.33. The number of nitrogens with one attached hydrogen (secondary N) is 1. The minimum Gasteiger partial charge on any atom is -0.337 e. The number of hydrogen-bond donors (Lipinski definition) is 1. The van der Waals surface area contributed by atoms with Gasteiger partial charge in [-0.05, 0) is 48.9 Å². The number of halogens is 2. The van der Waals surface area contributed by atoms with Crippen LogP contribution in [-0.2, 0) is 0 Å². The van der Waals surface area contributed by atoms with Gasteiger partial charge in [-0.25, -0.2) is 0 Å². The zero-order valence-electron chi connectivity index (χ0n) is 17.0. The van der Waals surface area contributed by atoms with Crippen molar-refractivity contribution in [2.24, 2.45) is 5.41 Å². The Morgan fingerprint density at radius 2 is 1.83 bits per heavy atom. The molecule has 1 fully saturated rings. The first-order valence-corrected chi connectivity index (χ1v) is 10.6. The smallest absolute Gasteiger partial charge is 0.253 e. The van der Waals surface area contributed by atoms with Gasteiger partial charge in [0.05, 0.1) is 11.4 Å². The van der Waals surface area contributed by atoms with Gasteiger partial charge >= 0.3 is 0 Å². The van der Waals surface area contributed by atoms with Gasteiger partial charge < -0.3 is 4.90 Å². The SMILES string of the molecule is CC1(C)CN(C(=O)c2cccc(Cl)c2)CC/C1=C\c1cc(-c2cccc(Cl)c2)n[nH]1. The van der Waals surface area contributed by atoms with Gasteiger partial charge in [0.2, 0.25) is 0 Å². The van der Waals surface area contributed by atoms with E-state index in [-0.39, 0.29) is 11.3 Å². The predicted octanol–water partition coefficient (Wildman–Crippen LogP) is 6.34. The molecule has 0 spiro atoms. The fourth-order valence-electron chi connectivity index (χ4n) is 3.89. The Bertz CT molecular complexity index is 1120. The molecule has 0 saturated carbocycles. The van der Waals surface area contributed by atoms with E-state index in [2.05, 4.69) is 30.1 Å². The summed E-state index contributed by atoms with van der Waals surface area (Å²) in [5.41, 5.74) is 4.56. The molecule has 4 rings (SSSR count). The second kappa shape index (κ2) is 8.29. The molecule has 30 heavy (non-hydrogen) atoms. The van der Waals surface area contributed by atoms with Crippen LogP contribution < -0.4 is 0 Å². The maximum Gasteiger partial charge on any atom is 0.253 e. The summed E-state index contributed by atoms with van der Waals surface area (Å²) in [5, 5.41) is 8.80. The first-order chi connectivity index (χ1) is 14.3. The minimum atomic E-state index is -0.145. The first kappa shape index (κ1) is 20.7. The lowest BCUT2D eigenvalue weighted by molar-refractivity contribution is 0.0664. The third-order valence-electron chi connectivity index (χ3n) is 5.51. The topological polar surface area (TPSA) is 49.0 Å². The number of H-pyrrole nitrogens is 1. The van der Waals surface area contributed by atoms with Crippen molar-refractivity contribution in [3.8, 4) is 11.3 Å². The van der Waals surface area contributed by atoms with Crippen LogP contribution >= 0.6 is 23.2 Å². The van der Waals surface area contributed by atoms with Gasteiger partial charge in [-0.3, -0.25) is 9.89 Å². The Hall–Kier alpha value is -2.56. The number of carbonyl (C=O) groups excluding carboxylic acids is 1. The Labute approximate surface area is 186 Å². The standard InChI is InChI=1S/C24H23Cl2N3O/c1-24(2)15-29(23(30)17-6-4-8-20(26)12-17)10-9-18(24)13-21-14-22(28-27-21)16-5-3-7-19(25)11-16/h3-8,11-14H,9-10,15H2,1-2H3,(H,27,28)/b18-13+. The van der Waals surface area contributed by atoms with E-state index in [1.165, 1.54) is 5.57 Å². The molecule has 1 aromatic heterocycles. The van der Waals surface area contributed by atoms with E-state index in [0.717, 1.165) is 23.4 Å². The van der Waals surface area contributed by atoms with Crippen molar-refractivity contribution in [3.05, 3.63) is 81.5 Å². The molecule has 0 radical (unpaired) electrons. The summed E-state index contributed by atoms with van der Waals surface area (Å²) in [7, 11) is 0. The number of amides is 1. The zero-order chi connectivity index (χ0) is 21.3. The van der Waals surface area contributed by atoms with Crippen molar-refractivity contribution in [1.29, 1.82) is 0 Å². The third kappa shape index (κ3) is 4.45. The van der Waals surface area contributed by atoms with Crippen LogP contribution in [0.25, 0.3) is 17.3 Å². The van der Waals surface area contributed by atoms with E-state index in [1.807, 2.05) is 47.4 Å². The number of nitrogens with zero attached hydrogens (tertiary/aromatic N) is 2. The lowest BCUT2D eigenvalue weighted by atomic mass is 9.78. The van der Waals surface area contributed by atoms with Crippen LogP contribution in [0.2, 0.25) is 10.0 Å². The summed E-state index contributed by atoms with van der Waals surface area (Å²) in [6.07, 6.45) is 2.97. The van der Waals surface area contributed by atoms with Crippen LogP contribution in [0.3, 0.4) is 0 Å². The summed E-state index contributed by atoms with van der Waals surface area (Å²) in [4.78, 5) is 14.8. The van der Waals surface area contributed by atoms with Gasteiger partial charge in [0.15, 0.2) is 0 Å². The molecule has 1 amide bonds. The molecule has 154 valence electrons. The zero-order valence-corrected chi connectivity index (χ0v) is 18.5. The molecule has 1 N–H and O–H groups in total. The van der Waals surface area contributed by atoms with E-state index in [9.17, 15) is 4.79 Å². The van der Waals surface area contributed by atoms with E-state index < -0.39 is 0 Å². The van der Waals surface area contributed by atoms with Gasteiger partial charge in [0.25, 0.3) is 5.91 Å². The molecular formula is C24H23Cl2N3O. The van der Waals surface area contributed by atoms with Crippen molar-refractivity contribution in [2.75, 3.05) is 13.1 Å². The number of aromatic nitrogens is 2. The predicted molar refractivity (Wildman–Crippen MR) is 123 cm³/mol. The third-order valence-corrected chi connectivity index (χ3v) is 5.98. The summed E-state index contributed by atoms with van der Waals surface area (Å²) >= 11 is 12.2. The summed E-state index contributed by atoms with van der Waals surface area (Å²) in [6, 6.07) is 16.8. The van der Waals surface area contributed by atoms with Crippen LogP contribution in [0, 0.1) is 5.41 Å². The molecule has 0 atom stereocenters. The fourth-order valence-corrected chi connectivity index (χ4v) is 4.27. The monoisotopic (exact) mass is 439 g/mol. The maximum atomic E-state index is 12.9. The Morgan fingerprint density at radius 3 is 2.53 bits per heavy atom. The van der Waals surface area contributed by atoms with Crippen LogP contribution in [0.5, 0.6) is 0 Å². The van der Waals surface area contributed by atoms with Crippen molar-refractivity contribution < 1.29 is 4.79 Å². The molecule has 4 nitrogen and oxygen atoms in total. The molecular weight excluding hydrogens is 417 g/mol. The molecule has 0 unspecified atom stereocenters. The van der Waals surface area contributed by atoms with Crippen LogP contribution in [0.15, 0.2) is 60.2 Å². The molecule has 2 aromatic carbocycles. The number of carbonyl (C=O) groups is 1. The number of likely N-dealkylation sites (tertiary alicyclic amines) is 1. The van der Waals surface area contributed by atoms with Crippen LogP contribution in [0.4, 0.5) is 0 Å². The van der Waals surface area contributed by atoms with E-state index in [1.54, 1.807) is 12.1 Å². The molecule has 1 aliphatic heterocycles. The number of rotatable bonds is 3. The fraction of sp³-hybridized carbons (Fsp3) is 0.250. The molecule has 1 saturated heterocycles. The summed E-state index contributed by atoms with van der Waals surface area (Å²) < 4.78 is 0. The molecule has 0 bridgehead atoms. The highest BCUT2D eigenvalue weighted by molar-refractivity contribution is 6.31. The van der Waals surface area contributed by atoms with E-state index in [0.29, 0.717) is 28.7 Å². The lowest BCUT2D eigenvalue weighted by Gasteiger charge is -2.40. The minimum absolute atomic E-state index is 0.0226. The van der Waals surface area contributed by atoms with Crippen LogP contribution in [-0.4, -0.2) is 34.1 Å². The Morgan fingerprint density at radius 1 is 1.10 bits per heavy atom. The lowest BCUT2D eigenvalue weighted by Crippen LogP contribution is -2.44. The van der Waals surface area contributed by atoms with Crippen molar-refractivity contribution in [1.82, 2.24) is 15.1 Å². The summed E-state index contributed by atoms with van der Waals surface area (Å²) in [6.45, 7) is 5.67. The van der Waals surface area contributed by atoms with Crippen molar-refractivity contribution in [3.63, 3.8) is 0 Å². The highest BCUT2D eigenvalue weighted by atomic mass is 35.5. The number of hydrogen-bond acceptors (Lipinski definition) is 2.